The number of nitrogens with one attached hydrogen (secondary N) is 1. The van der Waals surface area contributed by atoms with E-state index < -0.39 is 0 Å². The minimum absolute atomic E-state index is 0.444. The zero-order valence-corrected chi connectivity index (χ0v) is 6.36. The molecule has 1 atom stereocenters. The van der Waals surface area contributed by atoms with Gasteiger partial charge in [0.15, 0.2) is 0 Å². The summed E-state index contributed by atoms with van der Waals surface area (Å²) in [7, 11) is 0. The smallest absolute Gasteiger partial charge is 0.0701 e. The average molecular weight is 155 g/mol. The van der Waals surface area contributed by atoms with Gasteiger partial charge in [-0.15, -0.1) is 11.3 Å². The van der Waals surface area contributed by atoms with Gasteiger partial charge in [0.1, 0.15) is 0 Å². The SMILES string of the molecule is c1csc([C@H]2CCON2)c1. The highest BCUT2D eigenvalue weighted by molar-refractivity contribution is 7.10. The van der Waals surface area contributed by atoms with E-state index in [9.17, 15) is 0 Å². The molecule has 1 aliphatic rings. The Morgan fingerprint density at radius 1 is 1.70 bits per heavy atom. The monoisotopic (exact) mass is 155 g/mol. The molecule has 1 aliphatic heterocycles. The maximum absolute atomic E-state index is 5.04. The molecule has 2 nitrogen and oxygen atoms in total. The summed E-state index contributed by atoms with van der Waals surface area (Å²) in [5.74, 6) is 0. The van der Waals surface area contributed by atoms with E-state index in [0.29, 0.717) is 6.04 Å². The summed E-state index contributed by atoms with van der Waals surface area (Å²) >= 11 is 1.78. The molecule has 0 radical (unpaired) electrons. The average Bonchev–Trinajstić information content (AvgIpc) is 2.59. The molecule has 10 heavy (non-hydrogen) atoms. The summed E-state index contributed by atoms with van der Waals surface area (Å²) in [6.45, 7) is 0.836. The standard InChI is InChI=1S/C7H9NOS/c1-2-7(10-5-1)6-3-4-9-8-6/h1-2,5-6,8H,3-4H2/t6-/m1/s1. The number of thiophene rings is 1. The van der Waals surface area contributed by atoms with E-state index in [-0.39, 0.29) is 0 Å². The molecule has 2 rings (SSSR count). The first kappa shape index (κ1) is 6.34. The van der Waals surface area contributed by atoms with Crippen molar-refractivity contribution in [3.8, 4) is 0 Å². The van der Waals surface area contributed by atoms with Crippen LogP contribution in [0.5, 0.6) is 0 Å². The second-order valence-corrected chi connectivity index (χ2v) is 3.30. The largest absolute Gasteiger partial charge is 0.301 e. The van der Waals surface area contributed by atoms with Gasteiger partial charge < -0.3 is 4.84 Å². The molecule has 0 aromatic carbocycles. The summed E-state index contributed by atoms with van der Waals surface area (Å²) in [5.41, 5.74) is 2.97. The second kappa shape index (κ2) is 2.70. The van der Waals surface area contributed by atoms with Crippen LogP contribution in [0.25, 0.3) is 0 Å². The van der Waals surface area contributed by atoms with Crippen LogP contribution in [-0.2, 0) is 4.84 Å². The van der Waals surface area contributed by atoms with Crippen LogP contribution in [0.1, 0.15) is 17.3 Å². The highest BCUT2D eigenvalue weighted by Gasteiger charge is 2.17. The number of hydroxylamine groups is 1. The predicted octanol–water partition coefficient (Wildman–Crippen LogP) is 1.71. The van der Waals surface area contributed by atoms with Crippen molar-refractivity contribution in [1.29, 1.82) is 0 Å². The summed E-state index contributed by atoms with van der Waals surface area (Å²) in [5, 5.41) is 2.09. The third kappa shape index (κ3) is 1.08. The van der Waals surface area contributed by atoms with Gasteiger partial charge in [-0.3, -0.25) is 0 Å². The minimum atomic E-state index is 0.444. The molecule has 1 aromatic heterocycles. The topological polar surface area (TPSA) is 21.3 Å². The molecule has 54 valence electrons. The van der Waals surface area contributed by atoms with Gasteiger partial charge in [0.25, 0.3) is 0 Å². The van der Waals surface area contributed by atoms with E-state index in [1.165, 1.54) is 4.88 Å². The van der Waals surface area contributed by atoms with Crippen molar-refractivity contribution in [3.05, 3.63) is 22.4 Å². The Morgan fingerprint density at radius 3 is 3.30 bits per heavy atom. The van der Waals surface area contributed by atoms with Crippen molar-refractivity contribution in [2.75, 3.05) is 6.61 Å². The Labute approximate surface area is 63.8 Å². The fourth-order valence-corrected chi connectivity index (χ4v) is 1.89. The third-order valence-electron chi connectivity index (χ3n) is 1.62. The van der Waals surface area contributed by atoms with Crippen LogP contribution in [0.3, 0.4) is 0 Å². The van der Waals surface area contributed by atoms with Crippen LogP contribution < -0.4 is 5.48 Å². The Balaban J connectivity index is 2.12. The first-order valence-electron chi connectivity index (χ1n) is 3.37. The van der Waals surface area contributed by atoms with Crippen LogP contribution in [0.15, 0.2) is 17.5 Å². The molecule has 2 heterocycles. The zero-order valence-electron chi connectivity index (χ0n) is 5.54. The molecule has 1 saturated heterocycles. The molecule has 0 aliphatic carbocycles. The van der Waals surface area contributed by atoms with E-state index in [1.807, 2.05) is 0 Å². The van der Waals surface area contributed by atoms with Crippen molar-refractivity contribution < 1.29 is 4.84 Å². The van der Waals surface area contributed by atoms with Gasteiger partial charge in [0, 0.05) is 4.88 Å². The van der Waals surface area contributed by atoms with Gasteiger partial charge in [0.2, 0.25) is 0 Å². The van der Waals surface area contributed by atoms with E-state index in [4.69, 9.17) is 4.84 Å². The minimum Gasteiger partial charge on any atom is -0.301 e. The number of hydrogen-bond donors (Lipinski definition) is 1. The molecule has 0 saturated carbocycles. The first-order valence-corrected chi connectivity index (χ1v) is 4.25. The molecule has 0 unspecified atom stereocenters. The van der Waals surface area contributed by atoms with Gasteiger partial charge in [-0.25, -0.2) is 0 Å². The van der Waals surface area contributed by atoms with Gasteiger partial charge in [0.05, 0.1) is 12.6 Å². The van der Waals surface area contributed by atoms with Crippen molar-refractivity contribution in [3.63, 3.8) is 0 Å². The molecular formula is C7H9NOS. The van der Waals surface area contributed by atoms with Crippen molar-refractivity contribution in [1.82, 2.24) is 5.48 Å². The summed E-state index contributed by atoms with van der Waals surface area (Å²) in [6, 6.07) is 4.65. The Kier molecular flexibility index (Phi) is 1.71. The molecular weight excluding hydrogens is 146 g/mol. The molecule has 0 bridgehead atoms. The van der Waals surface area contributed by atoms with Crippen LogP contribution in [-0.4, -0.2) is 6.61 Å². The molecule has 3 heteroatoms. The lowest BCUT2D eigenvalue weighted by atomic mass is 10.2. The fraction of sp³-hybridized carbons (Fsp3) is 0.429. The van der Waals surface area contributed by atoms with Crippen LogP contribution in [0.2, 0.25) is 0 Å². The Morgan fingerprint density at radius 2 is 2.70 bits per heavy atom. The molecule has 1 aromatic rings. The van der Waals surface area contributed by atoms with Crippen molar-refractivity contribution >= 4 is 11.3 Å². The normalized spacial score (nSPS) is 25.4. The van der Waals surface area contributed by atoms with Gasteiger partial charge >= 0.3 is 0 Å². The zero-order chi connectivity index (χ0) is 6.81. The van der Waals surface area contributed by atoms with Crippen molar-refractivity contribution in [2.24, 2.45) is 0 Å². The molecule has 0 amide bonds. The molecule has 0 spiro atoms. The Bertz CT molecular complexity index is 191. The van der Waals surface area contributed by atoms with E-state index >= 15 is 0 Å². The fourth-order valence-electron chi connectivity index (χ4n) is 1.09. The number of rotatable bonds is 1. The van der Waals surface area contributed by atoms with Crippen LogP contribution in [0, 0.1) is 0 Å². The van der Waals surface area contributed by atoms with Crippen molar-refractivity contribution in [2.45, 2.75) is 12.5 Å². The third-order valence-corrected chi connectivity index (χ3v) is 2.61. The van der Waals surface area contributed by atoms with Gasteiger partial charge in [-0.05, 0) is 17.9 Å². The highest BCUT2D eigenvalue weighted by Crippen LogP contribution is 2.24. The van der Waals surface area contributed by atoms with E-state index in [2.05, 4.69) is 23.0 Å². The van der Waals surface area contributed by atoms with Gasteiger partial charge in [-0.2, -0.15) is 5.48 Å². The Hall–Kier alpha value is -0.380. The maximum Gasteiger partial charge on any atom is 0.0701 e. The maximum atomic E-state index is 5.04. The lowest BCUT2D eigenvalue weighted by Gasteiger charge is -2.02. The second-order valence-electron chi connectivity index (χ2n) is 2.32. The summed E-state index contributed by atoms with van der Waals surface area (Å²) in [6.07, 6.45) is 1.10. The summed E-state index contributed by atoms with van der Waals surface area (Å²) in [4.78, 5) is 6.41. The van der Waals surface area contributed by atoms with Crippen LogP contribution >= 0.6 is 11.3 Å². The summed E-state index contributed by atoms with van der Waals surface area (Å²) < 4.78 is 0. The van der Waals surface area contributed by atoms with Gasteiger partial charge in [-0.1, -0.05) is 6.07 Å². The van der Waals surface area contributed by atoms with Crippen LogP contribution in [0.4, 0.5) is 0 Å². The quantitative estimate of drug-likeness (QED) is 0.666. The lowest BCUT2D eigenvalue weighted by Crippen LogP contribution is -2.09. The molecule has 1 fully saturated rings. The van der Waals surface area contributed by atoms with E-state index in [1.54, 1.807) is 11.3 Å². The predicted molar refractivity (Wildman–Crippen MR) is 40.8 cm³/mol. The first-order chi connectivity index (χ1) is 4.97. The number of hydrogen-bond acceptors (Lipinski definition) is 3. The lowest BCUT2D eigenvalue weighted by molar-refractivity contribution is 0.0888. The van der Waals surface area contributed by atoms with E-state index in [0.717, 1.165) is 13.0 Å². The molecule has 1 N–H and O–H groups in total. The highest BCUT2D eigenvalue weighted by atomic mass is 32.1.